The molecule has 1 aliphatic carbocycles. The third kappa shape index (κ3) is 4.86. The van der Waals surface area contributed by atoms with E-state index in [1.54, 1.807) is 30.5 Å². The summed E-state index contributed by atoms with van der Waals surface area (Å²) >= 11 is 1.37. The average molecular weight is 407 g/mol. The molecule has 3 aromatic rings. The number of amides is 2. The maximum Gasteiger partial charge on any atom is 0.251 e. The summed E-state index contributed by atoms with van der Waals surface area (Å²) < 4.78 is 1.98. The van der Waals surface area contributed by atoms with Crippen molar-refractivity contribution in [2.45, 2.75) is 31.0 Å². The van der Waals surface area contributed by atoms with Crippen molar-refractivity contribution in [3.63, 3.8) is 0 Å². The number of anilines is 1. The molecule has 0 unspecified atom stereocenters. The summed E-state index contributed by atoms with van der Waals surface area (Å²) in [7, 11) is 0. The highest BCUT2D eigenvalue weighted by atomic mass is 32.2. The summed E-state index contributed by atoms with van der Waals surface area (Å²) in [5.74, 6) is -0.0196. The normalized spacial score (nSPS) is 13.1. The first-order chi connectivity index (χ1) is 14.1. The van der Waals surface area contributed by atoms with Crippen LogP contribution in [0.15, 0.2) is 66.1 Å². The number of benzene rings is 2. The number of imidazole rings is 1. The van der Waals surface area contributed by atoms with Crippen LogP contribution in [0, 0.1) is 6.92 Å². The lowest BCUT2D eigenvalue weighted by atomic mass is 10.2. The summed E-state index contributed by atoms with van der Waals surface area (Å²) in [5.41, 5.74) is 3.35. The van der Waals surface area contributed by atoms with Gasteiger partial charge in [-0.15, -0.1) is 0 Å². The first kappa shape index (κ1) is 19.3. The molecule has 1 aliphatic rings. The predicted molar refractivity (Wildman–Crippen MR) is 115 cm³/mol. The van der Waals surface area contributed by atoms with Gasteiger partial charge in [0.05, 0.1) is 11.4 Å². The van der Waals surface area contributed by atoms with Crippen LogP contribution in [0.5, 0.6) is 0 Å². The van der Waals surface area contributed by atoms with Crippen molar-refractivity contribution in [2.75, 3.05) is 11.1 Å². The van der Waals surface area contributed by atoms with Crippen LogP contribution in [0.2, 0.25) is 0 Å². The number of nitrogens with zero attached hydrogens (tertiary/aromatic N) is 2. The molecule has 4 rings (SSSR count). The Kier molecular flexibility index (Phi) is 5.67. The molecule has 7 heteroatoms. The molecule has 2 amide bonds. The number of hydrogen-bond acceptors (Lipinski definition) is 4. The Balaban J connectivity index is 1.37. The van der Waals surface area contributed by atoms with Crippen LogP contribution in [0.4, 0.5) is 5.69 Å². The molecule has 2 N–H and O–H groups in total. The Bertz CT molecular complexity index is 1040. The number of carbonyl (C=O) groups is 2. The van der Waals surface area contributed by atoms with Gasteiger partial charge in [-0.05, 0) is 49.6 Å². The number of thioether (sulfide) groups is 1. The van der Waals surface area contributed by atoms with Gasteiger partial charge in [0.25, 0.3) is 5.91 Å². The Morgan fingerprint density at radius 3 is 2.79 bits per heavy atom. The quantitative estimate of drug-likeness (QED) is 0.585. The molecule has 29 heavy (non-hydrogen) atoms. The second-order valence-electron chi connectivity index (χ2n) is 7.03. The summed E-state index contributed by atoms with van der Waals surface area (Å²) in [6.07, 6.45) is 5.70. The number of nitrogens with one attached hydrogen (secondary N) is 2. The minimum atomic E-state index is -0.144. The van der Waals surface area contributed by atoms with E-state index in [0.29, 0.717) is 17.3 Å². The van der Waals surface area contributed by atoms with Crippen molar-refractivity contribution >= 4 is 29.3 Å². The Morgan fingerprint density at radius 1 is 1.17 bits per heavy atom. The molecule has 0 atom stereocenters. The second-order valence-corrected chi connectivity index (χ2v) is 7.97. The highest BCUT2D eigenvalue weighted by Crippen LogP contribution is 2.23. The zero-order chi connectivity index (χ0) is 20.2. The van der Waals surface area contributed by atoms with Crippen LogP contribution in [0.25, 0.3) is 5.69 Å². The van der Waals surface area contributed by atoms with Gasteiger partial charge in [-0.25, -0.2) is 4.98 Å². The van der Waals surface area contributed by atoms with Crippen molar-refractivity contribution in [3.8, 4) is 5.69 Å². The number of hydrogen-bond donors (Lipinski definition) is 2. The minimum absolute atomic E-state index is 0.0989. The summed E-state index contributed by atoms with van der Waals surface area (Å²) in [6.45, 7) is 2.04. The minimum Gasteiger partial charge on any atom is -0.349 e. The summed E-state index contributed by atoms with van der Waals surface area (Å²) in [4.78, 5) is 29.0. The Morgan fingerprint density at radius 2 is 2.00 bits per heavy atom. The van der Waals surface area contributed by atoms with Gasteiger partial charge >= 0.3 is 0 Å². The SMILES string of the molecule is Cc1ccccc1-n1ccnc1SCC(=O)Nc1cccc(C(=O)NC2CC2)c1. The van der Waals surface area contributed by atoms with Gasteiger partial charge in [0.1, 0.15) is 0 Å². The van der Waals surface area contributed by atoms with Gasteiger partial charge in [0.2, 0.25) is 5.91 Å². The largest absolute Gasteiger partial charge is 0.349 e. The number of carbonyl (C=O) groups excluding carboxylic acids is 2. The average Bonchev–Trinajstić information content (AvgIpc) is 3.41. The zero-order valence-corrected chi connectivity index (χ0v) is 16.9. The van der Waals surface area contributed by atoms with Crippen molar-refractivity contribution < 1.29 is 9.59 Å². The molecule has 6 nitrogen and oxygen atoms in total. The number of rotatable bonds is 7. The van der Waals surface area contributed by atoms with Crippen molar-refractivity contribution in [2.24, 2.45) is 0 Å². The van der Waals surface area contributed by atoms with Gasteiger partial charge in [-0.3, -0.25) is 14.2 Å². The van der Waals surface area contributed by atoms with E-state index < -0.39 is 0 Å². The monoisotopic (exact) mass is 406 g/mol. The Labute approximate surface area is 173 Å². The van der Waals surface area contributed by atoms with E-state index >= 15 is 0 Å². The molecule has 148 valence electrons. The van der Waals surface area contributed by atoms with Crippen molar-refractivity contribution in [1.82, 2.24) is 14.9 Å². The van der Waals surface area contributed by atoms with E-state index in [0.717, 1.165) is 29.2 Å². The molecule has 1 saturated carbocycles. The Hall–Kier alpha value is -3.06. The number of aromatic nitrogens is 2. The van der Waals surface area contributed by atoms with Crippen LogP contribution in [-0.2, 0) is 4.79 Å². The molecule has 0 radical (unpaired) electrons. The molecule has 1 aromatic heterocycles. The van der Waals surface area contributed by atoms with Crippen molar-refractivity contribution in [1.29, 1.82) is 0 Å². The van der Waals surface area contributed by atoms with Crippen LogP contribution < -0.4 is 10.6 Å². The van der Waals surface area contributed by atoms with Gasteiger partial charge < -0.3 is 10.6 Å². The van der Waals surface area contributed by atoms with Gasteiger partial charge in [0, 0.05) is 29.7 Å². The zero-order valence-electron chi connectivity index (χ0n) is 16.1. The topological polar surface area (TPSA) is 76.0 Å². The van der Waals surface area contributed by atoms with E-state index in [2.05, 4.69) is 15.6 Å². The first-order valence-electron chi connectivity index (χ1n) is 9.53. The molecular weight excluding hydrogens is 384 g/mol. The van der Waals surface area contributed by atoms with E-state index in [9.17, 15) is 9.59 Å². The lowest BCUT2D eigenvalue weighted by molar-refractivity contribution is -0.113. The van der Waals surface area contributed by atoms with Gasteiger partial charge in [0.15, 0.2) is 5.16 Å². The maximum absolute atomic E-state index is 12.4. The van der Waals surface area contributed by atoms with E-state index in [1.807, 2.05) is 42.0 Å². The molecular formula is C22H22N4O2S. The van der Waals surface area contributed by atoms with Gasteiger partial charge in [-0.1, -0.05) is 36.0 Å². The van der Waals surface area contributed by atoms with E-state index in [4.69, 9.17) is 0 Å². The lowest BCUT2D eigenvalue weighted by Crippen LogP contribution is -2.25. The van der Waals surface area contributed by atoms with Crippen LogP contribution >= 0.6 is 11.8 Å². The van der Waals surface area contributed by atoms with Crippen molar-refractivity contribution in [3.05, 3.63) is 72.1 Å². The standard InChI is InChI=1S/C22H22N4O2S/c1-15-5-2-3-8-19(15)26-12-11-23-22(26)29-14-20(27)24-18-7-4-6-16(13-18)21(28)25-17-9-10-17/h2-8,11-13,17H,9-10,14H2,1H3,(H,24,27)(H,25,28). The fraction of sp³-hybridized carbons (Fsp3) is 0.227. The predicted octanol–water partition coefficient (Wildman–Crippen LogP) is 3.80. The molecule has 1 fully saturated rings. The van der Waals surface area contributed by atoms with E-state index in [-0.39, 0.29) is 17.6 Å². The third-order valence-electron chi connectivity index (χ3n) is 4.64. The molecule has 0 spiro atoms. The van der Waals surface area contributed by atoms with Crippen LogP contribution in [0.3, 0.4) is 0 Å². The summed E-state index contributed by atoms with van der Waals surface area (Å²) in [6, 6.07) is 15.4. The van der Waals surface area contributed by atoms with Gasteiger partial charge in [-0.2, -0.15) is 0 Å². The fourth-order valence-electron chi connectivity index (χ4n) is 2.98. The third-order valence-corrected chi connectivity index (χ3v) is 5.60. The number of para-hydroxylation sites is 1. The number of aryl methyl sites for hydroxylation is 1. The molecule has 2 aromatic carbocycles. The molecule has 1 heterocycles. The molecule has 0 saturated heterocycles. The van der Waals surface area contributed by atoms with E-state index in [1.165, 1.54) is 11.8 Å². The smallest absolute Gasteiger partial charge is 0.251 e. The lowest BCUT2D eigenvalue weighted by Gasteiger charge is -2.10. The molecule has 0 aliphatic heterocycles. The highest BCUT2D eigenvalue weighted by molar-refractivity contribution is 7.99. The summed E-state index contributed by atoms with van der Waals surface area (Å²) in [5, 5.41) is 6.57. The second kappa shape index (κ2) is 8.53. The van der Waals surface area contributed by atoms with Crippen LogP contribution in [-0.4, -0.2) is 33.2 Å². The van der Waals surface area contributed by atoms with Crippen LogP contribution in [0.1, 0.15) is 28.8 Å². The highest BCUT2D eigenvalue weighted by Gasteiger charge is 2.23. The fourth-order valence-corrected chi connectivity index (χ4v) is 3.74. The maximum atomic E-state index is 12.4. The molecule has 0 bridgehead atoms. The first-order valence-corrected chi connectivity index (χ1v) is 10.5.